The number of rotatable bonds is 5. The van der Waals surface area contributed by atoms with Gasteiger partial charge < -0.3 is 20.2 Å². The van der Waals surface area contributed by atoms with E-state index in [4.69, 9.17) is 10.5 Å². The van der Waals surface area contributed by atoms with Gasteiger partial charge in [0.15, 0.2) is 0 Å². The third kappa shape index (κ3) is 3.60. The van der Waals surface area contributed by atoms with Crippen LogP contribution in [0.15, 0.2) is 35.3 Å². The molecule has 0 aliphatic heterocycles. The standard InChI is InChI=1S/C17H20N2O4/c1-10-9-19-16(20)14(15(10)22-2)12-6-4-11(5-7-12)8-13(18)17(21)23-3/h4-7,9,13H,8,18H2,1-3H3,(H,19,20)/t13-/m0/s1. The highest BCUT2D eigenvalue weighted by Crippen LogP contribution is 2.29. The van der Waals surface area contributed by atoms with E-state index in [-0.39, 0.29) is 5.56 Å². The molecule has 6 heteroatoms. The molecule has 122 valence electrons. The van der Waals surface area contributed by atoms with Gasteiger partial charge in [-0.3, -0.25) is 9.59 Å². The zero-order valence-electron chi connectivity index (χ0n) is 13.4. The molecule has 0 radical (unpaired) electrons. The molecule has 0 spiro atoms. The Morgan fingerprint density at radius 1 is 1.26 bits per heavy atom. The van der Waals surface area contributed by atoms with Crippen LogP contribution in [0.4, 0.5) is 0 Å². The zero-order valence-corrected chi connectivity index (χ0v) is 13.4. The molecule has 1 atom stereocenters. The molecule has 0 saturated carbocycles. The number of carbonyl (C=O) groups is 1. The minimum Gasteiger partial charge on any atom is -0.496 e. The summed E-state index contributed by atoms with van der Waals surface area (Å²) in [6.45, 7) is 1.86. The molecule has 1 aromatic heterocycles. The quantitative estimate of drug-likeness (QED) is 0.813. The lowest BCUT2D eigenvalue weighted by Crippen LogP contribution is -2.33. The molecule has 6 nitrogen and oxygen atoms in total. The highest BCUT2D eigenvalue weighted by molar-refractivity contribution is 5.76. The Kier molecular flexibility index (Phi) is 5.18. The molecule has 0 unspecified atom stereocenters. The summed E-state index contributed by atoms with van der Waals surface area (Å²) in [5.41, 5.74) is 8.48. The number of H-pyrrole nitrogens is 1. The van der Waals surface area contributed by atoms with Crippen LogP contribution >= 0.6 is 0 Å². The predicted molar refractivity (Wildman–Crippen MR) is 87.5 cm³/mol. The van der Waals surface area contributed by atoms with Gasteiger partial charge in [-0.1, -0.05) is 24.3 Å². The number of hydrogen-bond acceptors (Lipinski definition) is 5. The fourth-order valence-electron chi connectivity index (χ4n) is 2.43. The molecule has 2 aromatic rings. The molecule has 3 N–H and O–H groups in total. The number of aromatic nitrogens is 1. The van der Waals surface area contributed by atoms with E-state index in [1.54, 1.807) is 6.20 Å². The fourth-order valence-corrected chi connectivity index (χ4v) is 2.43. The first-order valence-electron chi connectivity index (χ1n) is 7.17. The van der Waals surface area contributed by atoms with Crippen LogP contribution in [0.3, 0.4) is 0 Å². The predicted octanol–water partition coefficient (Wildman–Crippen LogP) is 1.40. The molecule has 2 rings (SSSR count). The number of ether oxygens (including phenoxy) is 2. The second-order valence-electron chi connectivity index (χ2n) is 5.24. The van der Waals surface area contributed by atoms with Crippen LogP contribution in [0, 0.1) is 6.92 Å². The van der Waals surface area contributed by atoms with Crippen LogP contribution in [0.2, 0.25) is 0 Å². The van der Waals surface area contributed by atoms with Crippen LogP contribution in [0.25, 0.3) is 11.1 Å². The maximum Gasteiger partial charge on any atom is 0.322 e. The first kappa shape index (κ1) is 16.8. The van der Waals surface area contributed by atoms with Crippen LogP contribution in [0.5, 0.6) is 5.75 Å². The SMILES string of the molecule is COC(=O)[C@@H](N)Cc1ccc(-c2c(OC)c(C)c[nH]c2=O)cc1. The molecular formula is C17H20N2O4. The van der Waals surface area contributed by atoms with Gasteiger partial charge in [0.25, 0.3) is 5.56 Å². The van der Waals surface area contributed by atoms with Gasteiger partial charge in [0.2, 0.25) is 0 Å². The highest BCUT2D eigenvalue weighted by Gasteiger charge is 2.16. The summed E-state index contributed by atoms with van der Waals surface area (Å²) in [6, 6.07) is 6.58. The first-order chi connectivity index (χ1) is 11.0. The number of pyridine rings is 1. The molecule has 23 heavy (non-hydrogen) atoms. The van der Waals surface area contributed by atoms with E-state index >= 15 is 0 Å². The van der Waals surface area contributed by atoms with Crippen molar-refractivity contribution in [2.45, 2.75) is 19.4 Å². The Bertz CT molecular complexity index is 750. The Labute approximate surface area is 134 Å². The Morgan fingerprint density at radius 2 is 1.91 bits per heavy atom. The van der Waals surface area contributed by atoms with E-state index in [0.717, 1.165) is 16.7 Å². The van der Waals surface area contributed by atoms with Crippen molar-refractivity contribution < 1.29 is 14.3 Å². The number of benzene rings is 1. The van der Waals surface area contributed by atoms with Gasteiger partial charge >= 0.3 is 5.97 Å². The van der Waals surface area contributed by atoms with Gasteiger partial charge in [-0.25, -0.2) is 0 Å². The molecule has 0 aliphatic rings. The highest BCUT2D eigenvalue weighted by atomic mass is 16.5. The monoisotopic (exact) mass is 316 g/mol. The third-order valence-corrected chi connectivity index (χ3v) is 3.64. The number of methoxy groups -OCH3 is 2. The molecule has 0 saturated heterocycles. The number of nitrogens with one attached hydrogen (secondary N) is 1. The van der Waals surface area contributed by atoms with Crippen molar-refractivity contribution in [1.29, 1.82) is 0 Å². The largest absolute Gasteiger partial charge is 0.496 e. The lowest BCUT2D eigenvalue weighted by atomic mass is 10.00. The summed E-state index contributed by atoms with van der Waals surface area (Å²) in [6.07, 6.45) is 1.99. The van der Waals surface area contributed by atoms with Crippen LogP contribution in [0.1, 0.15) is 11.1 Å². The van der Waals surface area contributed by atoms with E-state index in [2.05, 4.69) is 9.72 Å². The molecule has 0 fully saturated rings. The number of esters is 1. The second kappa shape index (κ2) is 7.11. The molecule has 0 bridgehead atoms. The minimum atomic E-state index is -0.706. The van der Waals surface area contributed by atoms with E-state index in [1.165, 1.54) is 14.2 Å². The van der Waals surface area contributed by atoms with Crippen molar-refractivity contribution in [2.75, 3.05) is 14.2 Å². The average Bonchev–Trinajstić information content (AvgIpc) is 2.56. The first-order valence-corrected chi connectivity index (χ1v) is 7.17. The van der Waals surface area contributed by atoms with Gasteiger partial charge in [-0.15, -0.1) is 0 Å². The maximum absolute atomic E-state index is 12.1. The van der Waals surface area contributed by atoms with Gasteiger partial charge in [-0.05, 0) is 24.5 Å². The number of carbonyl (C=O) groups excluding carboxylic acids is 1. The van der Waals surface area contributed by atoms with Crippen LogP contribution in [-0.2, 0) is 16.0 Å². The molecule has 0 amide bonds. The third-order valence-electron chi connectivity index (χ3n) is 3.64. The van der Waals surface area contributed by atoms with Crippen molar-refractivity contribution in [1.82, 2.24) is 4.98 Å². The van der Waals surface area contributed by atoms with Gasteiger partial charge in [-0.2, -0.15) is 0 Å². The van der Waals surface area contributed by atoms with Crippen molar-refractivity contribution >= 4 is 5.97 Å². The summed E-state index contributed by atoms with van der Waals surface area (Å²) in [5.74, 6) is 0.0960. The molecular weight excluding hydrogens is 296 g/mol. The van der Waals surface area contributed by atoms with Crippen LogP contribution in [-0.4, -0.2) is 31.2 Å². The van der Waals surface area contributed by atoms with E-state index < -0.39 is 12.0 Å². The lowest BCUT2D eigenvalue weighted by molar-refractivity contribution is -0.142. The topological polar surface area (TPSA) is 94.4 Å². The number of aryl methyl sites for hydroxylation is 1. The smallest absolute Gasteiger partial charge is 0.322 e. The van der Waals surface area contributed by atoms with Gasteiger partial charge in [0, 0.05) is 11.8 Å². The fraction of sp³-hybridized carbons (Fsp3) is 0.294. The summed E-state index contributed by atoms with van der Waals surface area (Å²) in [5, 5.41) is 0. The summed E-state index contributed by atoms with van der Waals surface area (Å²) in [4.78, 5) is 26.2. The van der Waals surface area contributed by atoms with Crippen molar-refractivity contribution in [3.05, 3.63) is 51.9 Å². The molecule has 1 heterocycles. The van der Waals surface area contributed by atoms with Crippen molar-refractivity contribution in [3.8, 4) is 16.9 Å². The van der Waals surface area contributed by atoms with Crippen molar-refractivity contribution in [2.24, 2.45) is 5.73 Å². The normalized spacial score (nSPS) is 11.8. The van der Waals surface area contributed by atoms with Gasteiger partial charge in [0.05, 0.1) is 19.8 Å². The lowest BCUT2D eigenvalue weighted by Gasteiger charge is -2.12. The Morgan fingerprint density at radius 3 is 2.48 bits per heavy atom. The number of nitrogens with two attached hydrogens (primary N) is 1. The summed E-state index contributed by atoms with van der Waals surface area (Å²) < 4.78 is 9.96. The van der Waals surface area contributed by atoms with Gasteiger partial charge in [0.1, 0.15) is 11.8 Å². The summed E-state index contributed by atoms with van der Waals surface area (Å²) >= 11 is 0. The number of hydrogen-bond donors (Lipinski definition) is 2. The summed E-state index contributed by atoms with van der Waals surface area (Å²) in [7, 11) is 2.84. The number of aromatic amines is 1. The van der Waals surface area contributed by atoms with Crippen molar-refractivity contribution in [3.63, 3.8) is 0 Å². The Balaban J connectivity index is 2.32. The molecule has 1 aromatic carbocycles. The maximum atomic E-state index is 12.1. The average molecular weight is 316 g/mol. The van der Waals surface area contributed by atoms with E-state index in [9.17, 15) is 9.59 Å². The van der Waals surface area contributed by atoms with Crippen LogP contribution < -0.4 is 16.0 Å². The zero-order chi connectivity index (χ0) is 17.0. The Hall–Kier alpha value is -2.60. The molecule has 0 aliphatic carbocycles. The second-order valence-corrected chi connectivity index (χ2v) is 5.24. The van der Waals surface area contributed by atoms with E-state index in [1.807, 2.05) is 31.2 Å². The minimum absolute atomic E-state index is 0.216. The van der Waals surface area contributed by atoms with E-state index in [0.29, 0.717) is 17.7 Å².